The van der Waals surface area contributed by atoms with E-state index in [0.29, 0.717) is 0 Å². The number of hydrogen-bond donors (Lipinski definition) is 0. The van der Waals surface area contributed by atoms with Crippen LogP contribution < -0.4 is 0 Å². The average Bonchev–Trinajstić information content (AvgIpc) is 2.07. The predicted molar refractivity (Wildman–Crippen MR) is 54.1 cm³/mol. The summed E-state index contributed by atoms with van der Waals surface area (Å²) in [5.74, 6) is 0. The maximum absolute atomic E-state index is 2.80. The Morgan fingerprint density at radius 3 is 2.36 bits per heavy atom. The number of unbranched alkanes of at least 4 members (excludes halogenated alkanes) is 1. The van der Waals surface area contributed by atoms with Crippen molar-refractivity contribution in [1.82, 2.24) is 4.90 Å². The minimum Gasteiger partial charge on any atom is -0.303 e. The van der Waals surface area contributed by atoms with Crippen LogP contribution in [0.3, 0.4) is 0 Å². The summed E-state index contributed by atoms with van der Waals surface area (Å²) in [5, 5.41) is 0. The van der Waals surface area contributed by atoms with Gasteiger partial charge < -0.3 is 4.90 Å². The summed E-state index contributed by atoms with van der Waals surface area (Å²) in [4.78, 5) is 2.61. The molecular weight excluding hydrogens is 153 g/mol. The van der Waals surface area contributed by atoms with Gasteiger partial charge in [0.25, 0.3) is 0 Å². The lowest BCUT2D eigenvalue weighted by atomic mass is 10.1. The lowest BCUT2D eigenvalue weighted by Gasteiger charge is -2.26. The molecule has 1 nitrogen and oxygen atoms in total. The molecule has 0 aromatic rings. The van der Waals surface area contributed by atoms with Crippen molar-refractivity contribution < 1.29 is 0 Å². The smallest absolute Gasteiger partial charge is 0.00186 e. The third-order valence-corrected chi connectivity index (χ3v) is 2.79. The zero-order chi connectivity index (χ0) is 7.94. The first-order valence-corrected chi connectivity index (χ1v) is 5.67. The van der Waals surface area contributed by atoms with Crippen LogP contribution in [-0.2, 0) is 0 Å². The van der Waals surface area contributed by atoms with Crippen molar-refractivity contribution in [2.45, 2.75) is 32.1 Å². The van der Waals surface area contributed by atoms with Gasteiger partial charge in [-0.1, -0.05) is 6.42 Å². The third-order valence-electron chi connectivity index (χ3n) is 2.38. The first-order chi connectivity index (χ1) is 5.43. The van der Waals surface area contributed by atoms with E-state index in [1.807, 2.05) is 0 Å². The van der Waals surface area contributed by atoms with Gasteiger partial charge in [-0.05, 0) is 51.5 Å². The molecule has 0 saturated carbocycles. The summed E-state index contributed by atoms with van der Waals surface area (Å²) in [7, 11) is 2.80. The number of likely N-dealkylation sites (tertiary alicyclic amines) is 1. The molecule has 0 aromatic heterocycles. The van der Waals surface area contributed by atoms with Gasteiger partial charge in [0, 0.05) is 0 Å². The highest BCUT2D eigenvalue weighted by atomic mass is 31.0. The highest BCUT2D eigenvalue weighted by Crippen LogP contribution is 2.09. The van der Waals surface area contributed by atoms with Crippen molar-refractivity contribution >= 4 is 9.24 Å². The van der Waals surface area contributed by atoms with E-state index in [0.717, 1.165) is 0 Å². The average molecular weight is 173 g/mol. The zero-order valence-electron chi connectivity index (χ0n) is 7.39. The van der Waals surface area contributed by atoms with Crippen molar-refractivity contribution in [2.24, 2.45) is 0 Å². The van der Waals surface area contributed by atoms with Crippen LogP contribution in [-0.4, -0.2) is 30.7 Å². The monoisotopic (exact) mass is 173 g/mol. The summed E-state index contributed by atoms with van der Waals surface area (Å²) in [6, 6.07) is 0. The van der Waals surface area contributed by atoms with E-state index < -0.39 is 0 Å². The molecule has 1 saturated heterocycles. The van der Waals surface area contributed by atoms with E-state index in [4.69, 9.17) is 0 Å². The second kappa shape index (κ2) is 5.97. The molecule has 0 aromatic carbocycles. The van der Waals surface area contributed by atoms with Crippen LogP contribution in [0.1, 0.15) is 32.1 Å². The van der Waals surface area contributed by atoms with Crippen molar-refractivity contribution in [2.75, 3.05) is 25.8 Å². The molecule has 11 heavy (non-hydrogen) atoms. The highest BCUT2D eigenvalue weighted by molar-refractivity contribution is 7.16. The molecule has 1 rings (SSSR count). The molecule has 1 fully saturated rings. The molecule has 0 amide bonds. The van der Waals surface area contributed by atoms with Crippen LogP contribution >= 0.6 is 9.24 Å². The van der Waals surface area contributed by atoms with Gasteiger partial charge in [-0.15, -0.1) is 9.24 Å². The quantitative estimate of drug-likeness (QED) is 0.465. The Labute approximate surface area is 72.7 Å². The van der Waals surface area contributed by atoms with Gasteiger partial charge in [-0.25, -0.2) is 0 Å². The largest absolute Gasteiger partial charge is 0.303 e. The van der Waals surface area contributed by atoms with Gasteiger partial charge in [-0.2, -0.15) is 0 Å². The Kier molecular flexibility index (Phi) is 5.14. The summed E-state index contributed by atoms with van der Waals surface area (Å²) in [5.41, 5.74) is 0. The van der Waals surface area contributed by atoms with Gasteiger partial charge in [0.2, 0.25) is 0 Å². The Balaban J connectivity index is 1.96. The molecule has 0 radical (unpaired) electrons. The summed E-state index contributed by atoms with van der Waals surface area (Å²) in [6.45, 7) is 4.06. The maximum atomic E-state index is 2.80. The molecule has 1 aliphatic heterocycles. The normalized spacial score (nSPS) is 20.5. The van der Waals surface area contributed by atoms with Gasteiger partial charge in [0.15, 0.2) is 0 Å². The summed E-state index contributed by atoms with van der Waals surface area (Å²) in [6.07, 6.45) is 8.36. The second-order valence-electron chi connectivity index (χ2n) is 3.40. The standard InChI is InChI=1S/C9H20NP/c11-9-5-4-8-10-6-2-1-3-7-10/h1-9,11H2. The van der Waals surface area contributed by atoms with Crippen molar-refractivity contribution in [1.29, 1.82) is 0 Å². The molecule has 1 heterocycles. The molecule has 0 aliphatic carbocycles. The fourth-order valence-electron chi connectivity index (χ4n) is 1.66. The Morgan fingerprint density at radius 2 is 1.73 bits per heavy atom. The van der Waals surface area contributed by atoms with Crippen LogP contribution in [0.25, 0.3) is 0 Å². The van der Waals surface area contributed by atoms with E-state index in [9.17, 15) is 0 Å². The Morgan fingerprint density at radius 1 is 1.00 bits per heavy atom. The fraction of sp³-hybridized carbons (Fsp3) is 1.00. The SMILES string of the molecule is PCCCCN1CCCCC1. The number of hydrogen-bond acceptors (Lipinski definition) is 1. The van der Waals surface area contributed by atoms with Crippen LogP contribution in [0.4, 0.5) is 0 Å². The Hall–Kier alpha value is 0.390. The van der Waals surface area contributed by atoms with E-state index in [-0.39, 0.29) is 0 Å². The van der Waals surface area contributed by atoms with Crippen LogP contribution in [0.5, 0.6) is 0 Å². The fourth-order valence-corrected chi connectivity index (χ4v) is 1.95. The number of piperidine rings is 1. The topological polar surface area (TPSA) is 3.24 Å². The zero-order valence-corrected chi connectivity index (χ0v) is 8.54. The maximum Gasteiger partial charge on any atom is -0.00186 e. The second-order valence-corrected chi connectivity index (χ2v) is 3.98. The molecule has 2 heteroatoms. The van der Waals surface area contributed by atoms with Crippen molar-refractivity contribution in [3.63, 3.8) is 0 Å². The minimum atomic E-state index is 1.27. The molecule has 0 spiro atoms. The van der Waals surface area contributed by atoms with Crippen LogP contribution in [0, 0.1) is 0 Å². The van der Waals surface area contributed by atoms with Gasteiger partial charge in [0.1, 0.15) is 0 Å². The summed E-state index contributed by atoms with van der Waals surface area (Å²) < 4.78 is 0. The molecule has 0 N–H and O–H groups in total. The highest BCUT2D eigenvalue weighted by Gasteiger charge is 2.08. The lowest BCUT2D eigenvalue weighted by molar-refractivity contribution is 0.226. The van der Waals surface area contributed by atoms with E-state index in [2.05, 4.69) is 14.1 Å². The molecule has 1 aliphatic rings. The van der Waals surface area contributed by atoms with Gasteiger partial charge in [0.05, 0.1) is 0 Å². The number of rotatable bonds is 4. The first kappa shape index (κ1) is 9.48. The molecule has 66 valence electrons. The van der Waals surface area contributed by atoms with E-state index in [1.165, 1.54) is 57.9 Å². The van der Waals surface area contributed by atoms with Crippen LogP contribution in [0.15, 0.2) is 0 Å². The summed E-state index contributed by atoms with van der Waals surface area (Å²) >= 11 is 0. The molecule has 1 unspecified atom stereocenters. The third kappa shape index (κ3) is 4.08. The van der Waals surface area contributed by atoms with Gasteiger partial charge in [-0.3, -0.25) is 0 Å². The van der Waals surface area contributed by atoms with Crippen molar-refractivity contribution in [3.05, 3.63) is 0 Å². The molecular formula is C9H20NP. The van der Waals surface area contributed by atoms with Gasteiger partial charge >= 0.3 is 0 Å². The number of nitrogens with zero attached hydrogens (tertiary/aromatic N) is 1. The lowest BCUT2D eigenvalue weighted by Crippen LogP contribution is -2.30. The first-order valence-electron chi connectivity index (χ1n) is 4.86. The predicted octanol–water partition coefficient (Wildman–Crippen LogP) is 2.13. The van der Waals surface area contributed by atoms with Crippen LogP contribution in [0.2, 0.25) is 0 Å². The Bertz CT molecular complexity index is 89.6. The molecule has 0 bridgehead atoms. The van der Waals surface area contributed by atoms with Crippen molar-refractivity contribution in [3.8, 4) is 0 Å². The minimum absolute atomic E-state index is 1.27. The van der Waals surface area contributed by atoms with E-state index in [1.54, 1.807) is 0 Å². The van der Waals surface area contributed by atoms with E-state index >= 15 is 0 Å². The molecule has 1 atom stereocenters.